The number of nitrogens with one attached hydrogen (secondary N) is 1. The molecule has 0 amide bonds. The molecule has 1 N–H and O–H groups in total. The predicted molar refractivity (Wildman–Crippen MR) is 99.7 cm³/mol. The number of hydrogen-bond acceptors (Lipinski definition) is 3. The minimum absolute atomic E-state index is 0.0945. The number of pyridine rings is 1. The van der Waals surface area contributed by atoms with Crippen molar-refractivity contribution in [3.8, 4) is 11.1 Å². The van der Waals surface area contributed by atoms with Crippen LogP contribution in [-0.4, -0.2) is 22.9 Å². The van der Waals surface area contributed by atoms with Gasteiger partial charge in [0.2, 0.25) is 0 Å². The van der Waals surface area contributed by atoms with Gasteiger partial charge in [-0.1, -0.05) is 18.2 Å². The van der Waals surface area contributed by atoms with Crippen molar-refractivity contribution in [1.29, 1.82) is 0 Å². The first-order valence-electron chi connectivity index (χ1n) is 8.27. The Labute approximate surface area is 149 Å². The van der Waals surface area contributed by atoms with Gasteiger partial charge in [-0.2, -0.15) is 0 Å². The van der Waals surface area contributed by atoms with E-state index in [0.717, 1.165) is 38.5 Å². The predicted octanol–water partition coefficient (Wildman–Crippen LogP) is 4.87. The van der Waals surface area contributed by atoms with Crippen LogP contribution in [0.3, 0.4) is 0 Å². The molecule has 130 valence electrons. The maximum absolute atomic E-state index is 13.2. The van der Waals surface area contributed by atoms with Gasteiger partial charge in [0.1, 0.15) is 11.5 Å². The van der Waals surface area contributed by atoms with Crippen LogP contribution in [0.4, 0.5) is 4.39 Å². The van der Waals surface area contributed by atoms with Crippen LogP contribution < -0.4 is 0 Å². The molecule has 5 heteroatoms. The van der Waals surface area contributed by atoms with Gasteiger partial charge in [0, 0.05) is 35.9 Å². The molecule has 0 aliphatic carbocycles. The van der Waals surface area contributed by atoms with Crippen molar-refractivity contribution in [2.75, 3.05) is 7.11 Å². The fraction of sp³-hybridized carbons (Fsp3) is 0.143. The number of Topliss-reactive ketones (excluding diaryl/α,β-unsaturated/α-hetero) is 1. The summed E-state index contributed by atoms with van der Waals surface area (Å²) in [4.78, 5) is 19.6. The Morgan fingerprint density at radius 1 is 1.12 bits per heavy atom. The van der Waals surface area contributed by atoms with E-state index >= 15 is 0 Å². The Morgan fingerprint density at radius 3 is 2.54 bits per heavy atom. The van der Waals surface area contributed by atoms with Crippen LogP contribution in [0.1, 0.15) is 23.0 Å². The van der Waals surface area contributed by atoms with Gasteiger partial charge in [0.05, 0.1) is 18.3 Å². The smallest absolute Gasteiger partial charge is 0.178 e. The van der Waals surface area contributed by atoms with Gasteiger partial charge in [-0.15, -0.1) is 0 Å². The lowest BCUT2D eigenvalue weighted by molar-refractivity contribution is 0.100. The van der Waals surface area contributed by atoms with E-state index in [9.17, 15) is 9.18 Å². The average Bonchev–Trinajstić information content (AvgIpc) is 3.00. The Balaban J connectivity index is 2.01. The number of rotatable bonds is 4. The van der Waals surface area contributed by atoms with Crippen LogP contribution >= 0.6 is 0 Å². The average molecular weight is 348 g/mol. The number of carbonyl (C=O) groups is 1. The van der Waals surface area contributed by atoms with Crippen LogP contribution in [0.2, 0.25) is 0 Å². The van der Waals surface area contributed by atoms with Crippen LogP contribution in [-0.2, 0) is 11.3 Å². The third kappa shape index (κ3) is 2.66. The number of aromatic amines is 1. The minimum atomic E-state index is -0.263. The molecular weight excluding hydrogens is 331 g/mol. The quantitative estimate of drug-likeness (QED) is 0.535. The van der Waals surface area contributed by atoms with Crippen molar-refractivity contribution < 1.29 is 13.9 Å². The second-order valence-electron chi connectivity index (χ2n) is 6.26. The highest BCUT2D eigenvalue weighted by Gasteiger charge is 2.17. The van der Waals surface area contributed by atoms with Crippen LogP contribution in [0.5, 0.6) is 0 Å². The number of benzene rings is 2. The van der Waals surface area contributed by atoms with Crippen LogP contribution in [0.15, 0.2) is 48.7 Å². The summed E-state index contributed by atoms with van der Waals surface area (Å²) in [6, 6.07) is 12.4. The molecule has 0 fully saturated rings. The molecule has 4 rings (SSSR count). The number of aromatic nitrogens is 2. The van der Waals surface area contributed by atoms with Gasteiger partial charge >= 0.3 is 0 Å². The molecule has 4 aromatic rings. The monoisotopic (exact) mass is 348 g/mol. The third-order valence-electron chi connectivity index (χ3n) is 4.54. The second kappa shape index (κ2) is 6.35. The van der Waals surface area contributed by atoms with Gasteiger partial charge in [-0.25, -0.2) is 4.39 Å². The first-order valence-corrected chi connectivity index (χ1v) is 8.27. The molecule has 0 spiro atoms. The maximum Gasteiger partial charge on any atom is 0.178 e. The van der Waals surface area contributed by atoms with Crippen molar-refractivity contribution >= 4 is 27.6 Å². The standard InChI is InChI=1S/C21H17FN2O2/c1-12(25)21-17(11-26-2)20-16-9-14(13-3-6-15(22)7-4-13)5-8-18(16)24-19(20)10-23-21/h3-10,24H,11H2,1-2H3. The molecule has 2 aromatic heterocycles. The first-order chi connectivity index (χ1) is 12.6. The molecule has 0 atom stereocenters. The number of fused-ring (bicyclic) bond motifs is 3. The van der Waals surface area contributed by atoms with Crippen molar-refractivity contribution in [2.24, 2.45) is 0 Å². The van der Waals surface area contributed by atoms with Crippen molar-refractivity contribution in [1.82, 2.24) is 9.97 Å². The molecule has 0 aliphatic rings. The molecule has 0 bridgehead atoms. The molecule has 26 heavy (non-hydrogen) atoms. The largest absolute Gasteiger partial charge is 0.380 e. The van der Waals surface area contributed by atoms with E-state index in [2.05, 4.69) is 9.97 Å². The summed E-state index contributed by atoms with van der Waals surface area (Å²) in [5, 5.41) is 1.92. The number of ketones is 1. The number of H-pyrrole nitrogens is 1. The lowest BCUT2D eigenvalue weighted by atomic mass is 10.00. The van der Waals surface area contributed by atoms with Crippen LogP contribution in [0.25, 0.3) is 32.9 Å². The summed E-state index contributed by atoms with van der Waals surface area (Å²) in [6.45, 7) is 1.80. The fourth-order valence-electron chi connectivity index (χ4n) is 3.37. The zero-order chi connectivity index (χ0) is 18.3. The first kappa shape index (κ1) is 16.4. The van der Waals surface area contributed by atoms with Crippen molar-refractivity contribution in [3.05, 3.63) is 65.7 Å². The number of halogens is 1. The molecule has 4 nitrogen and oxygen atoms in total. The van der Waals surface area contributed by atoms with Gasteiger partial charge in [-0.3, -0.25) is 9.78 Å². The van der Waals surface area contributed by atoms with E-state index in [1.165, 1.54) is 19.1 Å². The Kier molecular flexibility index (Phi) is 4.01. The lowest BCUT2D eigenvalue weighted by Crippen LogP contribution is -2.04. The number of ether oxygens (including phenoxy) is 1. The highest BCUT2D eigenvalue weighted by molar-refractivity contribution is 6.12. The summed E-state index contributed by atoms with van der Waals surface area (Å²) >= 11 is 0. The van der Waals surface area contributed by atoms with Crippen molar-refractivity contribution in [3.63, 3.8) is 0 Å². The Hall–Kier alpha value is -3.05. The molecule has 0 aliphatic heterocycles. The zero-order valence-corrected chi connectivity index (χ0v) is 14.5. The molecule has 2 aromatic carbocycles. The Morgan fingerprint density at radius 2 is 1.85 bits per heavy atom. The van der Waals surface area contributed by atoms with Crippen molar-refractivity contribution in [2.45, 2.75) is 13.5 Å². The number of hydrogen-bond donors (Lipinski definition) is 1. The highest BCUT2D eigenvalue weighted by atomic mass is 19.1. The molecule has 0 unspecified atom stereocenters. The van der Waals surface area contributed by atoms with E-state index < -0.39 is 0 Å². The van der Waals surface area contributed by atoms with Gasteiger partial charge < -0.3 is 9.72 Å². The topological polar surface area (TPSA) is 55.0 Å². The highest BCUT2D eigenvalue weighted by Crippen LogP contribution is 2.33. The summed E-state index contributed by atoms with van der Waals surface area (Å²) in [7, 11) is 1.60. The van der Waals surface area contributed by atoms with E-state index in [1.54, 1.807) is 25.4 Å². The summed E-state index contributed by atoms with van der Waals surface area (Å²) < 4.78 is 18.5. The molecular formula is C21H17FN2O2. The summed E-state index contributed by atoms with van der Waals surface area (Å²) in [5.41, 5.74) is 4.91. The Bertz CT molecular complexity index is 1130. The molecule has 0 radical (unpaired) electrons. The number of carbonyl (C=O) groups excluding carboxylic acids is 1. The van der Waals surface area contributed by atoms with E-state index in [4.69, 9.17) is 4.74 Å². The lowest BCUT2D eigenvalue weighted by Gasteiger charge is -2.08. The number of methoxy groups -OCH3 is 1. The molecule has 0 saturated heterocycles. The second-order valence-corrected chi connectivity index (χ2v) is 6.26. The van der Waals surface area contributed by atoms with E-state index in [0.29, 0.717) is 12.3 Å². The zero-order valence-electron chi connectivity index (χ0n) is 14.5. The number of nitrogens with zero attached hydrogens (tertiary/aromatic N) is 1. The van der Waals surface area contributed by atoms with Gasteiger partial charge in [0.15, 0.2) is 5.78 Å². The SMILES string of the molecule is COCc1c(C(C)=O)ncc2[nH]c3ccc(-c4ccc(F)cc4)cc3c12. The molecule has 0 saturated carbocycles. The normalized spacial score (nSPS) is 11.3. The third-order valence-corrected chi connectivity index (χ3v) is 4.54. The minimum Gasteiger partial charge on any atom is -0.380 e. The van der Waals surface area contributed by atoms with Gasteiger partial charge in [-0.05, 0) is 35.4 Å². The maximum atomic E-state index is 13.2. The molecule has 2 heterocycles. The summed E-state index contributed by atoms with van der Waals surface area (Å²) in [5.74, 6) is -0.357. The van der Waals surface area contributed by atoms with E-state index in [-0.39, 0.29) is 11.6 Å². The fourth-order valence-corrected chi connectivity index (χ4v) is 3.37. The van der Waals surface area contributed by atoms with Gasteiger partial charge in [0.25, 0.3) is 0 Å². The van der Waals surface area contributed by atoms with Crippen LogP contribution in [0, 0.1) is 5.82 Å². The summed E-state index contributed by atoms with van der Waals surface area (Å²) in [6.07, 6.45) is 1.68. The van der Waals surface area contributed by atoms with E-state index in [1.807, 2.05) is 18.2 Å².